The lowest BCUT2D eigenvalue weighted by atomic mass is 10.2. The van der Waals surface area contributed by atoms with E-state index in [1.54, 1.807) is 0 Å². The number of hydrogen-bond acceptors (Lipinski definition) is 1. The summed E-state index contributed by atoms with van der Waals surface area (Å²) in [4.78, 5) is 4.34. The van der Waals surface area contributed by atoms with Crippen LogP contribution in [0.15, 0.2) is 24.5 Å². The number of nitrogens with zero attached hydrogens (tertiary/aromatic N) is 2. The Hall–Kier alpha value is -0.580. The lowest BCUT2D eigenvalue weighted by Crippen LogP contribution is -1.96. The van der Waals surface area contributed by atoms with Gasteiger partial charge in [0.25, 0.3) is 0 Å². The maximum Gasteiger partial charge on any atom is 0.0958 e. The maximum absolute atomic E-state index is 4.34. The van der Waals surface area contributed by atoms with Gasteiger partial charge in [0, 0.05) is 11.0 Å². The van der Waals surface area contributed by atoms with Crippen LogP contribution in [0.5, 0.6) is 0 Å². The Morgan fingerprint density at radius 3 is 3.08 bits per heavy atom. The van der Waals surface area contributed by atoms with Gasteiger partial charge in [0.15, 0.2) is 0 Å². The molecule has 0 aliphatic rings. The van der Waals surface area contributed by atoms with Gasteiger partial charge in [-0.2, -0.15) is 0 Å². The number of benzene rings is 1. The van der Waals surface area contributed by atoms with E-state index in [-0.39, 0.29) is 0 Å². The molecule has 0 bridgehead atoms. The second-order valence-electron chi connectivity index (χ2n) is 3.12. The molecule has 1 aromatic heterocycles. The first kappa shape index (κ1) is 8.99. The van der Waals surface area contributed by atoms with Crippen molar-refractivity contribution < 1.29 is 0 Å². The molecular weight excluding hydrogens is 275 g/mol. The first-order valence-electron chi connectivity index (χ1n) is 4.29. The average Bonchev–Trinajstić information content (AvgIpc) is 2.49. The van der Waals surface area contributed by atoms with Crippen LogP contribution in [0.2, 0.25) is 0 Å². The first-order valence-corrected chi connectivity index (χ1v) is 5.81. The SMILES string of the molecule is Cc1ccc2ncn(CCI)c2c1. The van der Waals surface area contributed by atoms with Crippen molar-refractivity contribution in [3.63, 3.8) is 0 Å². The highest BCUT2D eigenvalue weighted by Crippen LogP contribution is 2.14. The van der Waals surface area contributed by atoms with Gasteiger partial charge in [-0.25, -0.2) is 4.98 Å². The Bertz CT molecular complexity index is 420. The predicted molar refractivity (Wildman–Crippen MR) is 63.4 cm³/mol. The van der Waals surface area contributed by atoms with Crippen LogP contribution < -0.4 is 0 Å². The smallest absolute Gasteiger partial charge is 0.0958 e. The number of fused-ring (bicyclic) bond motifs is 1. The third kappa shape index (κ3) is 1.70. The highest BCUT2D eigenvalue weighted by atomic mass is 127. The zero-order valence-corrected chi connectivity index (χ0v) is 9.65. The molecule has 0 aliphatic heterocycles. The summed E-state index contributed by atoms with van der Waals surface area (Å²) in [6.45, 7) is 3.15. The second kappa shape index (κ2) is 3.65. The molecular formula is C10H11IN2. The number of aromatic nitrogens is 2. The molecule has 0 atom stereocenters. The fraction of sp³-hybridized carbons (Fsp3) is 0.300. The Morgan fingerprint density at radius 2 is 2.31 bits per heavy atom. The molecule has 0 spiro atoms. The minimum atomic E-state index is 1.04. The molecule has 0 fully saturated rings. The van der Waals surface area contributed by atoms with Gasteiger partial charge in [-0.15, -0.1) is 0 Å². The van der Waals surface area contributed by atoms with Crippen LogP contribution >= 0.6 is 22.6 Å². The Kier molecular flexibility index (Phi) is 2.53. The topological polar surface area (TPSA) is 17.8 Å². The van der Waals surface area contributed by atoms with E-state index >= 15 is 0 Å². The van der Waals surface area contributed by atoms with Crippen molar-refractivity contribution >= 4 is 33.6 Å². The zero-order chi connectivity index (χ0) is 9.26. The summed E-state index contributed by atoms with van der Waals surface area (Å²) in [5, 5.41) is 0. The number of aryl methyl sites for hydroxylation is 2. The molecule has 0 unspecified atom stereocenters. The van der Waals surface area contributed by atoms with E-state index < -0.39 is 0 Å². The molecule has 2 aromatic rings. The average molecular weight is 286 g/mol. The molecule has 2 nitrogen and oxygen atoms in total. The zero-order valence-electron chi connectivity index (χ0n) is 7.50. The van der Waals surface area contributed by atoms with E-state index in [0.29, 0.717) is 0 Å². The van der Waals surface area contributed by atoms with Gasteiger partial charge in [-0.1, -0.05) is 28.7 Å². The molecule has 1 heterocycles. The summed E-state index contributed by atoms with van der Waals surface area (Å²) >= 11 is 2.38. The third-order valence-corrected chi connectivity index (χ3v) is 2.58. The number of alkyl halides is 1. The highest BCUT2D eigenvalue weighted by Gasteiger charge is 2.00. The van der Waals surface area contributed by atoms with Crippen molar-refractivity contribution in [2.24, 2.45) is 0 Å². The summed E-state index contributed by atoms with van der Waals surface area (Å²) in [5.74, 6) is 0. The number of imidazole rings is 1. The van der Waals surface area contributed by atoms with E-state index in [0.717, 1.165) is 16.5 Å². The maximum atomic E-state index is 4.34. The molecule has 2 rings (SSSR count). The van der Waals surface area contributed by atoms with Gasteiger partial charge in [0.05, 0.1) is 17.4 Å². The van der Waals surface area contributed by atoms with E-state index in [1.807, 2.05) is 6.33 Å². The summed E-state index contributed by atoms with van der Waals surface area (Å²) in [7, 11) is 0. The molecule has 0 aliphatic carbocycles. The summed E-state index contributed by atoms with van der Waals surface area (Å²) < 4.78 is 3.33. The van der Waals surface area contributed by atoms with Crippen LogP contribution in [0.3, 0.4) is 0 Å². The Balaban J connectivity index is 2.58. The van der Waals surface area contributed by atoms with Gasteiger partial charge in [0.1, 0.15) is 0 Å². The van der Waals surface area contributed by atoms with Gasteiger partial charge < -0.3 is 4.57 Å². The molecule has 0 amide bonds. The van der Waals surface area contributed by atoms with Crippen LogP contribution in [-0.2, 0) is 6.54 Å². The molecule has 0 radical (unpaired) electrons. The fourth-order valence-electron chi connectivity index (χ4n) is 1.44. The molecule has 13 heavy (non-hydrogen) atoms. The number of rotatable bonds is 2. The Labute approximate surface area is 91.1 Å². The molecule has 0 saturated heterocycles. The second-order valence-corrected chi connectivity index (χ2v) is 4.20. The van der Waals surface area contributed by atoms with Crippen LogP contribution in [0.4, 0.5) is 0 Å². The molecule has 68 valence electrons. The molecule has 0 N–H and O–H groups in total. The van der Waals surface area contributed by atoms with Crippen molar-refractivity contribution in [3.8, 4) is 0 Å². The summed E-state index contributed by atoms with van der Waals surface area (Å²) in [6, 6.07) is 6.37. The van der Waals surface area contributed by atoms with E-state index in [1.165, 1.54) is 11.1 Å². The van der Waals surface area contributed by atoms with Crippen molar-refractivity contribution in [2.45, 2.75) is 13.5 Å². The van der Waals surface area contributed by atoms with E-state index in [9.17, 15) is 0 Å². The van der Waals surface area contributed by atoms with Crippen LogP contribution in [0, 0.1) is 6.92 Å². The van der Waals surface area contributed by atoms with Crippen LogP contribution in [-0.4, -0.2) is 14.0 Å². The van der Waals surface area contributed by atoms with Gasteiger partial charge in [0.2, 0.25) is 0 Å². The van der Waals surface area contributed by atoms with Crippen LogP contribution in [0.25, 0.3) is 11.0 Å². The van der Waals surface area contributed by atoms with Crippen LogP contribution in [0.1, 0.15) is 5.56 Å². The normalized spacial score (nSPS) is 10.9. The predicted octanol–water partition coefficient (Wildman–Crippen LogP) is 2.78. The fourth-order valence-corrected chi connectivity index (χ4v) is 1.96. The number of hydrogen-bond donors (Lipinski definition) is 0. The van der Waals surface area contributed by atoms with Crippen molar-refractivity contribution in [1.29, 1.82) is 0 Å². The summed E-state index contributed by atoms with van der Waals surface area (Å²) in [6.07, 6.45) is 1.92. The molecule has 1 aromatic carbocycles. The Morgan fingerprint density at radius 1 is 1.46 bits per heavy atom. The third-order valence-electron chi connectivity index (χ3n) is 2.10. The van der Waals surface area contributed by atoms with E-state index in [2.05, 4.69) is 57.3 Å². The van der Waals surface area contributed by atoms with Crippen molar-refractivity contribution in [1.82, 2.24) is 9.55 Å². The number of halogens is 1. The van der Waals surface area contributed by atoms with Crippen molar-refractivity contribution in [2.75, 3.05) is 4.43 Å². The lowest BCUT2D eigenvalue weighted by Gasteiger charge is -2.00. The minimum Gasteiger partial charge on any atom is -0.330 e. The van der Waals surface area contributed by atoms with Gasteiger partial charge in [-0.3, -0.25) is 0 Å². The monoisotopic (exact) mass is 286 g/mol. The lowest BCUT2D eigenvalue weighted by molar-refractivity contribution is 0.805. The molecule has 3 heteroatoms. The quantitative estimate of drug-likeness (QED) is 0.613. The van der Waals surface area contributed by atoms with Gasteiger partial charge >= 0.3 is 0 Å². The van der Waals surface area contributed by atoms with E-state index in [4.69, 9.17) is 0 Å². The minimum absolute atomic E-state index is 1.04. The largest absolute Gasteiger partial charge is 0.330 e. The summed E-state index contributed by atoms with van der Waals surface area (Å²) in [5.41, 5.74) is 3.63. The standard InChI is InChI=1S/C10H11IN2/c1-8-2-3-9-10(6-8)13(5-4-11)7-12-9/h2-3,6-7H,4-5H2,1H3. The van der Waals surface area contributed by atoms with Gasteiger partial charge in [-0.05, 0) is 24.6 Å². The molecule has 0 saturated carbocycles. The highest BCUT2D eigenvalue weighted by molar-refractivity contribution is 14.1. The van der Waals surface area contributed by atoms with Crippen molar-refractivity contribution in [3.05, 3.63) is 30.1 Å². The first-order chi connectivity index (χ1) is 6.31.